The van der Waals surface area contributed by atoms with Crippen molar-refractivity contribution in [1.82, 2.24) is 4.98 Å². The van der Waals surface area contributed by atoms with E-state index in [1.807, 2.05) is 0 Å². The molecule has 4 rings (SSSR count). The molecule has 190 valence electrons. The molecule has 35 heavy (non-hydrogen) atoms. The van der Waals surface area contributed by atoms with Crippen molar-refractivity contribution in [3.8, 4) is 5.75 Å². The first kappa shape index (κ1) is 25.3. The molecular formula is C24H25F5N2O4. The molecule has 6 nitrogen and oxygen atoms in total. The lowest BCUT2D eigenvalue weighted by atomic mass is 9.77. The fourth-order valence-electron chi connectivity index (χ4n) is 4.59. The predicted molar refractivity (Wildman–Crippen MR) is 115 cm³/mol. The van der Waals surface area contributed by atoms with Crippen molar-refractivity contribution in [2.45, 2.75) is 56.6 Å². The first-order chi connectivity index (χ1) is 16.4. The number of hydrogen-bond donors (Lipinski definition) is 2. The maximum Gasteiger partial charge on any atom is 0.417 e. The predicted octanol–water partition coefficient (Wildman–Crippen LogP) is 4.89. The summed E-state index contributed by atoms with van der Waals surface area (Å²) in [4.78, 5) is 17.3. The molecule has 0 radical (unpaired) electrons. The van der Waals surface area contributed by atoms with Crippen LogP contribution >= 0.6 is 0 Å². The Hall–Kier alpha value is -2.79. The van der Waals surface area contributed by atoms with Crippen molar-refractivity contribution in [3.05, 3.63) is 53.4 Å². The molecule has 0 unspecified atom stereocenters. The lowest BCUT2D eigenvalue weighted by Crippen LogP contribution is -2.47. The van der Waals surface area contributed by atoms with Crippen molar-refractivity contribution in [2.24, 2.45) is 11.8 Å². The highest BCUT2D eigenvalue weighted by molar-refractivity contribution is 5.95. The molecule has 2 aliphatic rings. The lowest BCUT2D eigenvalue weighted by molar-refractivity contribution is -0.272. The molecule has 0 spiro atoms. The summed E-state index contributed by atoms with van der Waals surface area (Å²) in [5.74, 6) is -6.72. The maximum absolute atomic E-state index is 14.4. The molecule has 1 aliphatic heterocycles. The van der Waals surface area contributed by atoms with Crippen molar-refractivity contribution in [1.29, 1.82) is 0 Å². The fraction of sp³-hybridized carbons (Fsp3) is 0.500. The van der Waals surface area contributed by atoms with E-state index in [0.717, 1.165) is 39.0 Å². The summed E-state index contributed by atoms with van der Waals surface area (Å²) in [7, 11) is 1.06. The number of carbonyl (C=O) groups is 1. The number of nitrogens with one attached hydrogen (secondary N) is 1. The van der Waals surface area contributed by atoms with Crippen LogP contribution in [-0.4, -0.2) is 41.0 Å². The van der Waals surface area contributed by atoms with Gasteiger partial charge in [0, 0.05) is 29.3 Å². The summed E-state index contributed by atoms with van der Waals surface area (Å²) in [6.07, 6.45) is -4.32. The Kier molecular flexibility index (Phi) is 6.52. The molecular weight excluding hydrogens is 475 g/mol. The number of hydrogen-bond acceptors (Lipinski definition) is 5. The van der Waals surface area contributed by atoms with E-state index in [0.29, 0.717) is 5.69 Å². The fourth-order valence-corrected chi connectivity index (χ4v) is 4.59. The summed E-state index contributed by atoms with van der Waals surface area (Å²) >= 11 is 0. The monoisotopic (exact) mass is 500 g/mol. The average Bonchev–Trinajstić information content (AvgIpc) is 3.61. The number of nitrogens with zero attached hydrogens (tertiary/aromatic N) is 1. The number of pyridine rings is 1. The van der Waals surface area contributed by atoms with Crippen LogP contribution in [0.5, 0.6) is 5.75 Å². The molecule has 5 atom stereocenters. The second kappa shape index (κ2) is 9.02. The third-order valence-corrected chi connectivity index (χ3v) is 6.99. The smallest absolute Gasteiger partial charge is 0.417 e. The van der Waals surface area contributed by atoms with E-state index in [4.69, 9.17) is 9.47 Å². The normalized spacial score (nSPS) is 27.5. The summed E-state index contributed by atoms with van der Waals surface area (Å²) < 4.78 is 80.7. The Morgan fingerprint density at radius 1 is 1.29 bits per heavy atom. The highest BCUT2D eigenvalue weighted by atomic mass is 19.4. The van der Waals surface area contributed by atoms with Gasteiger partial charge in [-0.2, -0.15) is 17.6 Å². The minimum absolute atomic E-state index is 0.0742. The van der Waals surface area contributed by atoms with E-state index in [1.165, 1.54) is 25.3 Å². The highest BCUT2D eigenvalue weighted by Gasteiger charge is 2.65. The Morgan fingerprint density at radius 2 is 1.97 bits per heavy atom. The number of aromatic nitrogens is 1. The van der Waals surface area contributed by atoms with Crippen molar-refractivity contribution < 1.29 is 41.3 Å². The van der Waals surface area contributed by atoms with Crippen molar-refractivity contribution in [2.75, 3.05) is 12.4 Å². The van der Waals surface area contributed by atoms with Gasteiger partial charge in [-0.3, -0.25) is 9.78 Å². The SMILES string of the molecule is COc1c([C@H]2[C@H](C(=O)Nc3ccnc([C@@H](O)C4CC4)c3)O[C@@](C)(C(F)(F)F)[C@H]2C)ccc(F)c1F. The van der Waals surface area contributed by atoms with E-state index < -0.39 is 59.1 Å². The number of benzene rings is 1. The molecule has 11 heteroatoms. The van der Waals surface area contributed by atoms with Crippen LogP contribution in [0, 0.1) is 23.5 Å². The zero-order valence-electron chi connectivity index (χ0n) is 19.2. The van der Waals surface area contributed by atoms with Gasteiger partial charge in [-0.25, -0.2) is 4.39 Å². The molecule has 0 bridgehead atoms. The van der Waals surface area contributed by atoms with Crippen LogP contribution in [0.25, 0.3) is 0 Å². The number of amides is 1. The van der Waals surface area contributed by atoms with Gasteiger partial charge >= 0.3 is 6.18 Å². The Morgan fingerprint density at radius 3 is 2.57 bits per heavy atom. The van der Waals surface area contributed by atoms with Crippen LogP contribution in [0.15, 0.2) is 30.5 Å². The van der Waals surface area contributed by atoms with Gasteiger partial charge < -0.3 is 19.9 Å². The average molecular weight is 500 g/mol. The zero-order chi connectivity index (χ0) is 25.7. The van der Waals surface area contributed by atoms with Gasteiger partial charge in [-0.15, -0.1) is 0 Å². The van der Waals surface area contributed by atoms with Crippen LogP contribution in [0.3, 0.4) is 0 Å². The summed E-state index contributed by atoms with van der Waals surface area (Å²) in [6, 6.07) is 4.73. The molecule has 1 aliphatic carbocycles. The summed E-state index contributed by atoms with van der Waals surface area (Å²) in [5.41, 5.74) is -2.34. The van der Waals surface area contributed by atoms with Crippen LogP contribution in [0.4, 0.5) is 27.6 Å². The van der Waals surface area contributed by atoms with E-state index in [-0.39, 0.29) is 17.2 Å². The van der Waals surface area contributed by atoms with Crippen LogP contribution < -0.4 is 10.1 Å². The number of methoxy groups -OCH3 is 1. The Balaban J connectivity index is 1.71. The van der Waals surface area contributed by atoms with E-state index in [2.05, 4.69) is 10.3 Å². The van der Waals surface area contributed by atoms with Gasteiger partial charge in [0.05, 0.1) is 18.9 Å². The second-order valence-corrected chi connectivity index (χ2v) is 9.18. The number of rotatable bonds is 6. The third-order valence-electron chi connectivity index (χ3n) is 6.99. The van der Waals surface area contributed by atoms with Crippen LogP contribution in [-0.2, 0) is 9.53 Å². The minimum atomic E-state index is -4.86. The molecule has 2 aromatic rings. The second-order valence-electron chi connectivity index (χ2n) is 9.18. The van der Waals surface area contributed by atoms with Crippen molar-refractivity contribution >= 4 is 11.6 Å². The molecule has 1 aromatic carbocycles. The highest BCUT2D eigenvalue weighted by Crippen LogP contribution is 2.55. The number of ether oxygens (including phenoxy) is 2. The third kappa shape index (κ3) is 4.47. The number of alkyl halides is 3. The lowest BCUT2D eigenvalue weighted by Gasteiger charge is -2.32. The molecule has 2 fully saturated rings. The largest absolute Gasteiger partial charge is 0.493 e. The van der Waals surface area contributed by atoms with Crippen molar-refractivity contribution in [3.63, 3.8) is 0 Å². The number of aliphatic hydroxyl groups is 1. The Bertz CT molecular complexity index is 1120. The van der Waals surface area contributed by atoms with Gasteiger partial charge in [0.15, 0.2) is 17.2 Å². The molecule has 1 amide bonds. The van der Waals surface area contributed by atoms with Gasteiger partial charge in [0.25, 0.3) is 5.91 Å². The topological polar surface area (TPSA) is 80.7 Å². The van der Waals surface area contributed by atoms with E-state index in [1.54, 1.807) is 0 Å². The van der Waals surface area contributed by atoms with Gasteiger partial charge in [0.1, 0.15) is 6.10 Å². The van der Waals surface area contributed by atoms with E-state index in [9.17, 15) is 31.9 Å². The number of halogens is 5. The van der Waals surface area contributed by atoms with Crippen LogP contribution in [0.2, 0.25) is 0 Å². The van der Waals surface area contributed by atoms with Crippen LogP contribution in [0.1, 0.15) is 50.0 Å². The first-order valence-corrected chi connectivity index (χ1v) is 11.1. The maximum atomic E-state index is 14.4. The first-order valence-electron chi connectivity index (χ1n) is 11.1. The number of aliphatic hydroxyl groups excluding tert-OH is 1. The summed E-state index contributed by atoms with van der Waals surface area (Å²) in [5, 5.41) is 12.8. The standard InChI is InChI=1S/C24H25F5N2O4/c1-11-17(14-6-7-15(25)18(26)20(14)34-3)21(35-23(11,2)24(27,28)29)22(33)31-13-8-9-30-16(10-13)19(32)12-4-5-12/h6-12,17,19,21,32H,4-5H2,1-3H3,(H,30,31,33)/t11-,17-,19-,21+,23+/m0/s1. The zero-order valence-corrected chi connectivity index (χ0v) is 19.2. The summed E-state index contributed by atoms with van der Waals surface area (Å²) in [6.45, 7) is 2.06. The van der Waals surface area contributed by atoms with E-state index >= 15 is 0 Å². The quantitative estimate of drug-likeness (QED) is 0.552. The van der Waals surface area contributed by atoms with Gasteiger partial charge in [-0.05, 0) is 43.9 Å². The minimum Gasteiger partial charge on any atom is -0.493 e. The number of anilines is 1. The molecule has 1 saturated heterocycles. The van der Waals surface area contributed by atoms with Gasteiger partial charge in [0.2, 0.25) is 5.82 Å². The molecule has 2 N–H and O–H groups in total. The molecule has 1 aromatic heterocycles. The Labute approximate surface area is 198 Å². The molecule has 2 heterocycles. The number of carbonyl (C=O) groups excluding carboxylic acids is 1. The van der Waals surface area contributed by atoms with Gasteiger partial charge in [-0.1, -0.05) is 13.0 Å². The molecule has 1 saturated carbocycles.